The molecule has 0 aromatic heterocycles. The van der Waals surface area contributed by atoms with Crippen molar-refractivity contribution in [1.29, 1.82) is 0 Å². The first kappa shape index (κ1) is 8.88. The average molecular weight is 132 g/mol. The Kier molecular flexibility index (Phi) is 5.93. The van der Waals surface area contributed by atoms with E-state index >= 15 is 0 Å². The van der Waals surface area contributed by atoms with Crippen LogP contribution in [0.15, 0.2) is 0 Å². The first-order valence-electron chi connectivity index (χ1n) is 3.36. The van der Waals surface area contributed by atoms with Crippen molar-refractivity contribution in [3.8, 4) is 0 Å². The van der Waals surface area contributed by atoms with Gasteiger partial charge in [-0.05, 0) is 19.9 Å². The van der Waals surface area contributed by atoms with Crippen molar-refractivity contribution in [3.05, 3.63) is 0 Å². The van der Waals surface area contributed by atoms with Gasteiger partial charge in [0.25, 0.3) is 0 Å². The highest BCUT2D eigenvalue weighted by molar-refractivity contribution is 4.51. The normalized spacial score (nSPS) is 13.7. The molecule has 1 unspecified atom stereocenters. The molecule has 4 N–H and O–H groups in total. The van der Waals surface area contributed by atoms with E-state index in [1.807, 2.05) is 0 Å². The van der Waals surface area contributed by atoms with Crippen LogP contribution < -0.4 is 11.1 Å². The highest BCUT2D eigenvalue weighted by atomic mass is 16.3. The second kappa shape index (κ2) is 6.01. The lowest BCUT2D eigenvalue weighted by atomic mass is 10.3. The molecule has 0 fully saturated rings. The molecule has 56 valence electrons. The predicted molar refractivity (Wildman–Crippen MR) is 38.2 cm³/mol. The number of hydrogen-bond donors (Lipinski definition) is 3. The van der Waals surface area contributed by atoms with E-state index in [4.69, 9.17) is 10.8 Å². The Morgan fingerprint density at radius 2 is 2.22 bits per heavy atom. The molecule has 9 heavy (non-hydrogen) atoms. The zero-order valence-corrected chi connectivity index (χ0v) is 5.93. The first-order valence-corrected chi connectivity index (χ1v) is 3.36. The van der Waals surface area contributed by atoms with Crippen LogP contribution in [0.5, 0.6) is 0 Å². The van der Waals surface area contributed by atoms with Crippen molar-refractivity contribution in [2.24, 2.45) is 5.73 Å². The van der Waals surface area contributed by atoms with Gasteiger partial charge in [0.15, 0.2) is 0 Å². The Bertz CT molecular complexity index is 57.0. The zero-order chi connectivity index (χ0) is 7.11. The van der Waals surface area contributed by atoms with E-state index in [1.165, 1.54) is 0 Å². The van der Waals surface area contributed by atoms with Crippen molar-refractivity contribution in [2.45, 2.75) is 19.4 Å². The summed E-state index contributed by atoms with van der Waals surface area (Å²) in [7, 11) is 0. The Morgan fingerprint density at radius 3 is 2.67 bits per heavy atom. The van der Waals surface area contributed by atoms with E-state index in [-0.39, 0.29) is 6.10 Å². The number of nitrogens with one attached hydrogen (secondary N) is 1. The van der Waals surface area contributed by atoms with Crippen LogP contribution >= 0.6 is 0 Å². The number of aliphatic hydroxyl groups excluding tert-OH is 1. The second-order valence-corrected chi connectivity index (χ2v) is 2.18. The van der Waals surface area contributed by atoms with E-state index in [2.05, 4.69) is 5.32 Å². The number of nitrogens with two attached hydrogens (primary N) is 1. The summed E-state index contributed by atoms with van der Waals surface area (Å²) in [5.41, 5.74) is 5.22. The van der Waals surface area contributed by atoms with Crippen molar-refractivity contribution < 1.29 is 5.11 Å². The van der Waals surface area contributed by atoms with Crippen LogP contribution in [0.1, 0.15) is 13.3 Å². The fourth-order valence-corrected chi connectivity index (χ4v) is 0.538. The van der Waals surface area contributed by atoms with Gasteiger partial charge in [0, 0.05) is 13.1 Å². The lowest BCUT2D eigenvalue weighted by Crippen LogP contribution is -2.25. The third kappa shape index (κ3) is 7.88. The molecule has 0 aromatic carbocycles. The Morgan fingerprint density at radius 1 is 1.56 bits per heavy atom. The van der Waals surface area contributed by atoms with Gasteiger partial charge < -0.3 is 16.2 Å². The van der Waals surface area contributed by atoms with Gasteiger partial charge in [-0.3, -0.25) is 0 Å². The first-order chi connectivity index (χ1) is 4.27. The van der Waals surface area contributed by atoms with Crippen LogP contribution in [0.4, 0.5) is 0 Å². The minimum Gasteiger partial charge on any atom is -0.393 e. The minimum atomic E-state index is -0.199. The Balaban J connectivity index is 2.75. The standard InChI is InChI=1S/C6H16N2O/c1-6(9)2-4-8-5-3-7/h6,8-9H,2-5,7H2,1H3. The third-order valence-corrected chi connectivity index (χ3v) is 1.06. The molecule has 0 aliphatic heterocycles. The number of hydrogen-bond acceptors (Lipinski definition) is 3. The summed E-state index contributed by atoms with van der Waals surface area (Å²) in [5.74, 6) is 0. The summed E-state index contributed by atoms with van der Waals surface area (Å²) in [6.45, 7) is 4.14. The van der Waals surface area contributed by atoms with Gasteiger partial charge in [-0.2, -0.15) is 0 Å². The van der Waals surface area contributed by atoms with Crippen LogP contribution in [-0.2, 0) is 0 Å². The molecule has 0 saturated carbocycles. The quantitative estimate of drug-likeness (QED) is 0.434. The molecule has 3 heteroatoms. The fourth-order valence-electron chi connectivity index (χ4n) is 0.538. The molecule has 0 aliphatic carbocycles. The molecule has 0 saturated heterocycles. The van der Waals surface area contributed by atoms with Crippen molar-refractivity contribution in [1.82, 2.24) is 5.32 Å². The molecule has 0 aliphatic rings. The Hall–Kier alpha value is -0.120. The molecule has 1 atom stereocenters. The largest absolute Gasteiger partial charge is 0.393 e. The molecule has 0 rings (SSSR count). The van der Waals surface area contributed by atoms with E-state index < -0.39 is 0 Å². The van der Waals surface area contributed by atoms with Crippen molar-refractivity contribution in [2.75, 3.05) is 19.6 Å². The lowest BCUT2D eigenvalue weighted by Gasteiger charge is -2.03. The zero-order valence-electron chi connectivity index (χ0n) is 5.93. The minimum absolute atomic E-state index is 0.199. The average Bonchev–Trinajstić information content (AvgIpc) is 1.80. The summed E-state index contributed by atoms with van der Waals surface area (Å²) in [4.78, 5) is 0. The molecule has 0 bridgehead atoms. The van der Waals surface area contributed by atoms with E-state index in [9.17, 15) is 0 Å². The summed E-state index contributed by atoms with van der Waals surface area (Å²) in [6.07, 6.45) is 0.607. The van der Waals surface area contributed by atoms with E-state index in [1.54, 1.807) is 6.92 Å². The van der Waals surface area contributed by atoms with Gasteiger partial charge >= 0.3 is 0 Å². The van der Waals surface area contributed by atoms with Gasteiger partial charge in [0.05, 0.1) is 6.10 Å². The smallest absolute Gasteiger partial charge is 0.0524 e. The summed E-state index contributed by atoms with van der Waals surface area (Å²) in [6, 6.07) is 0. The topological polar surface area (TPSA) is 58.3 Å². The van der Waals surface area contributed by atoms with E-state index in [0.717, 1.165) is 19.5 Å². The molecule has 0 aromatic rings. The molecule has 0 amide bonds. The van der Waals surface area contributed by atoms with Crippen LogP contribution in [0.3, 0.4) is 0 Å². The maximum atomic E-state index is 8.78. The number of aliphatic hydroxyl groups is 1. The SMILES string of the molecule is CC(O)CCNCCN. The summed E-state index contributed by atoms with van der Waals surface area (Å²) < 4.78 is 0. The fraction of sp³-hybridized carbons (Fsp3) is 1.00. The second-order valence-electron chi connectivity index (χ2n) is 2.18. The lowest BCUT2D eigenvalue weighted by molar-refractivity contribution is 0.184. The molecular formula is C6H16N2O. The van der Waals surface area contributed by atoms with Crippen LogP contribution in [0.2, 0.25) is 0 Å². The highest BCUT2D eigenvalue weighted by Gasteiger charge is 1.92. The predicted octanol–water partition coefficient (Wildman–Crippen LogP) is -0.694. The summed E-state index contributed by atoms with van der Waals surface area (Å²) >= 11 is 0. The van der Waals surface area contributed by atoms with Crippen molar-refractivity contribution in [3.63, 3.8) is 0 Å². The summed E-state index contributed by atoms with van der Waals surface area (Å²) in [5, 5.41) is 11.9. The van der Waals surface area contributed by atoms with Crippen molar-refractivity contribution >= 4 is 0 Å². The van der Waals surface area contributed by atoms with Crippen LogP contribution in [0.25, 0.3) is 0 Å². The van der Waals surface area contributed by atoms with Gasteiger partial charge in [0.1, 0.15) is 0 Å². The number of rotatable bonds is 5. The molecule has 0 spiro atoms. The van der Waals surface area contributed by atoms with Gasteiger partial charge in [-0.15, -0.1) is 0 Å². The maximum Gasteiger partial charge on any atom is 0.0524 e. The van der Waals surface area contributed by atoms with Gasteiger partial charge in [-0.25, -0.2) is 0 Å². The highest BCUT2D eigenvalue weighted by Crippen LogP contribution is 1.84. The molecule has 0 heterocycles. The van der Waals surface area contributed by atoms with E-state index in [0.29, 0.717) is 6.54 Å². The third-order valence-electron chi connectivity index (χ3n) is 1.06. The van der Waals surface area contributed by atoms with Gasteiger partial charge in [0.2, 0.25) is 0 Å². The van der Waals surface area contributed by atoms with Crippen LogP contribution in [-0.4, -0.2) is 30.8 Å². The molecule has 3 nitrogen and oxygen atoms in total. The van der Waals surface area contributed by atoms with Gasteiger partial charge in [-0.1, -0.05) is 0 Å². The monoisotopic (exact) mass is 132 g/mol. The maximum absolute atomic E-state index is 8.78. The molecule has 0 radical (unpaired) electrons. The van der Waals surface area contributed by atoms with Crippen LogP contribution in [0, 0.1) is 0 Å². The molecular weight excluding hydrogens is 116 g/mol. The Labute approximate surface area is 56.2 Å².